The normalized spacial score (nSPS) is 25.5. The van der Waals surface area contributed by atoms with E-state index in [1.165, 1.54) is 14.2 Å². The third-order valence-electron chi connectivity index (χ3n) is 7.35. The van der Waals surface area contributed by atoms with Gasteiger partial charge in [-0.05, 0) is 39.7 Å². The minimum Gasteiger partial charge on any atom is -0.488 e. The molecule has 2 unspecified atom stereocenters. The summed E-state index contributed by atoms with van der Waals surface area (Å²) in [6.07, 6.45) is 3.27. The van der Waals surface area contributed by atoms with Gasteiger partial charge in [0.1, 0.15) is 24.4 Å². The Balaban J connectivity index is 2.12. The molecule has 2 rings (SSSR count). The van der Waals surface area contributed by atoms with Gasteiger partial charge >= 0.3 is 0 Å². The number of aliphatic hydroxyl groups is 5. The number of rotatable bonds is 14. The number of hydrogen-bond acceptors (Lipinski definition) is 10. The maximum atomic E-state index is 12.6. The molecule has 11 heteroatoms. The summed E-state index contributed by atoms with van der Waals surface area (Å²) in [6, 6.07) is 0. The highest BCUT2D eigenvalue weighted by Gasteiger charge is 2.45. The van der Waals surface area contributed by atoms with Gasteiger partial charge in [0, 0.05) is 23.6 Å². The molecule has 6 N–H and O–H groups in total. The third kappa shape index (κ3) is 9.11. The fourth-order valence-electron chi connectivity index (χ4n) is 4.81. The zero-order valence-electron chi connectivity index (χ0n) is 25.5. The van der Waals surface area contributed by atoms with Crippen LogP contribution in [0.4, 0.5) is 0 Å². The lowest BCUT2D eigenvalue weighted by atomic mass is 9.94. The van der Waals surface area contributed by atoms with E-state index in [2.05, 4.69) is 4.98 Å². The first-order valence-electron chi connectivity index (χ1n) is 14.0. The highest BCUT2D eigenvalue weighted by atomic mass is 16.7. The number of ether oxygens (including phenoxy) is 4. The molecule has 1 aliphatic heterocycles. The van der Waals surface area contributed by atoms with Crippen LogP contribution in [0.2, 0.25) is 0 Å². The van der Waals surface area contributed by atoms with Crippen molar-refractivity contribution < 1.29 is 44.5 Å². The molecule has 236 valence electrons. The number of aromatic amines is 1. The number of aliphatic hydroxyl groups excluding tert-OH is 5. The van der Waals surface area contributed by atoms with E-state index in [0.29, 0.717) is 29.9 Å². The molecule has 1 aromatic heterocycles. The number of methoxy groups -OCH3 is 2. The van der Waals surface area contributed by atoms with Crippen LogP contribution >= 0.6 is 0 Å². The van der Waals surface area contributed by atoms with E-state index in [-0.39, 0.29) is 23.7 Å². The maximum Gasteiger partial charge on any atom is 0.238 e. The van der Waals surface area contributed by atoms with Crippen molar-refractivity contribution in [2.75, 3.05) is 27.4 Å². The molecule has 42 heavy (non-hydrogen) atoms. The Morgan fingerprint density at radius 1 is 1.05 bits per heavy atom. The van der Waals surface area contributed by atoms with Crippen LogP contribution < -0.4 is 14.9 Å². The number of pyridine rings is 1. The van der Waals surface area contributed by atoms with Gasteiger partial charge in [-0.1, -0.05) is 48.5 Å². The summed E-state index contributed by atoms with van der Waals surface area (Å²) in [5.41, 5.74) is 3.87. The van der Waals surface area contributed by atoms with Crippen molar-refractivity contribution >= 4 is 0 Å². The Morgan fingerprint density at radius 3 is 2.33 bits per heavy atom. The summed E-state index contributed by atoms with van der Waals surface area (Å²) in [5.74, 6) is 0.217. The first-order valence-corrected chi connectivity index (χ1v) is 14.0. The number of allylic oxidation sites excluding steroid dienone is 5. The van der Waals surface area contributed by atoms with Crippen LogP contribution in [0.25, 0.3) is 0 Å². The molecule has 7 atom stereocenters. The van der Waals surface area contributed by atoms with E-state index in [4.69, 9.17) is 18.9 Å². The topological polar surface area (TPSA) is 171 Å². The van der Waals surface area contributed by atoms with Gasteiger partial charge in [-0.25, -0.2) is 0 Å². The highest BCUT2D eigenvalue weighted by molar-refractivity contribution is 5.40. The smallest absolute Gasteiger partial charge is 0.238 e. The Morgan fingerprint density at radius 2 is 1.74 bits per heavy atom. The monoisotopic (exact) mass is 593 g/mol. The molecular formula is C31H47NO10. The van der Waals surface area contributed by atoms with Gasteiger partial charge in [-0.15, -0.1) is 0 Å². The molecule has 0 spiro atoms. The molecule has 2 heterocycles. The van der Waals surface area contributed by atoms with Crippen molar-refractivity contribution in [1.29, 1.82) is 0 Å². The van der Waals surface area contributed by atoms with Crippen molar-refractivity contribution in [3.8, 4) is 11.6 Å². The molecule has 1 aliphatic rings. The summed E-state index contributed by atoms with van der Waals surface area (Å²) in [6.45, 7) is 8.63. The van der Waals surface area contributed by atoms with Crippen LogP contribution in [0.15, 0.2) is 51.9 Å². The molecule has 0 aliphatic carbocycles. The van der Waals surface area contributed by atoms with Gasteiger partial charge in [0.2, 0.25) is 17.1 Å². The second-order valence-corrected chi connectivity index (χ2v) is 10.6. The minimum absolute atomic E-state index is 0.154. The van der Waals surface area contributed by atoms with Crippen LogP contribution in [-0.2, 0) is 15.9 Å². The van der Waals surface area contributed by atoms with Gasteiger partial charge in [-0.3, -0.25) is 4.79 Å². The maximum absolute atomic E-state index is 12.6. The number of hydrogen-bond donors (Lipinski definition) is 6. The first-order chi connectivity index (χ1) is 19.9. The molecule has 0 radical (unpaired) electrons. The van der Waals surface area contributed by atoms with E-state index in [1.807, 2.05) is 45.1 Å². The molecule has 1 aromatic rings. The minimum atomic E-state index is -1.55. The second kappa shape index (κ2) is 16.8. The Hall–Kier alpha value is -2.77. The summed E-state index contributed by atoms with van der Waals surface area (Å²) in [7, 11) is 2.91. The van der Waals surface area contributed by atoms with Crippen LogP contribution in [0, 0.1) is 12.8 Å². The average molecular weight is 594 g/mol. The Labute approximate surface area is 247 Å². The lowest BCUT2D eigenvalue weighted by Gasteiger charge is -2.41. The average Bonchev–Trinajstić information content (AvgIpc) is 2.96. The van der Waals surface area contributed by atoms with E-state index >= 15 is 0 Å². The van der Waals surface area contributed by atoms with Crippen LogP contribution in [0.1, 0.15) is 45.4 Å². The first kappa shape index (κ1) is 35.4. The highest BCUT2D eigenvalue weighted by Crippen LogP contribution is 2.28. The fraction of sp³-hybridized carbons (Fsp3) is 0.581. The van der Waals surface area contributed by atoms with Crippen LogP contribution in [-0.4, -0.2) is 94.8 Å². The quantitative estimate of drug-likeness (QED) is 0.138. The Bertz CT molecular complexity index is 1200. The van der Waals surface area contributed by atoms with Gasteiger partial charge in [0.05, 0.1) is 33.5 Å². The summed E-state index contributed by atoms with van der Waals surface area (Å²) < 4.78 is 22.0. The largest absolute Gasteiger partial charge is 0.488 e. The number of aromatic nitrogens is 1. The third-order valence-corrected chi connectivity index (χ3v) is 7.35. The SMILES string of the molecule is COc1[nH]c(C/C=C(\C)C/C=C/C(C)=C/C(C)C(O[C@H]2O[C@@H](CO)[C@H](O)[C@@H](O)[C@@H]2O)/C(C)=C/CO)c(C)c(=O)c1OC. The molecule has 0 saturated carbocycles. The van der Waals surface area contributed by atoms with Crippen molar-refractivity contribution in [2.45, 2.75) is 84.3 Å². The summed E-state index contributed by atoms with van der Waals surface area (Å²) in [4.78, 5) is 15.7. The summed E-state index contributed by atoms with van der Waals surface area (Å²) >= 11 is 0. The van der Waals surface area contributed by atoms with Crippen molar-refractivity contribution in [2.24, 2.45) is 5.92 Å². The van der Waals surface area contributed by atoms with Crippen molar-refractivity contribution in [3.05, 3.63) is 68.6 Å². The summed E-state index contributed by atoms with van der Waals surface area (Å²) in [5, 5.41) is 49.6. The van der Waals surface area contributed by atoms with Gasteiger partial charge in [0.15, 0.2) is 6.29 Å². The van der Waals surface area contributed by atoms with E-state index < -0.39 is 43.4 Å². The van der Waals surface area contributed by atoms with Crippen LogP contribution in [0.3, 0.4) is 0 Å². The molecule has 0 bridgehead atoms. The van der Waals surface area contributed by atoms with E-state index in [9.17, 15) is 30.3 Å². The molecule has 0 aromatic carbocycles. The Kier molecular flexibility index (Phi) is 14.1. The number of nitrogens with one attached hydrogen (secondary N) is 1. The fourth-order valence-corrected chi connectivity index (χ4v) is 4.81. The predicted octanol–water partition coefficient (Wildman–Crippen LogP) is 1.84. The molecular weight excluding hydrogens is 546 g/mol. The van der Waals surface area contributed by atoms with Crippen molar-refractivity contribution in [3.63, 3.8) is 0 Å². The second-order valence-electron chi connectivity index (χ2n) is 10.6. The number of H-pyrrole nitrogens is 1. The standard InChI is InChI=1S/C31H47NO10/c1-17(11-12-22-21(5)24(35)29(39-6)30(32-22)40-7)9-8-10-18(2)15-20(4)28(19(3)13-14-33)42-31-27(38)26(37)25(36)23(16-34)41-31/h8,10-11,13,15,20,23,25-28,31,33-34,36-38H,9,12,14,16H2,1-7H3,(H,32,35)/b10-8+,17-11+,18-15+,19-13+/t20?,23-,25-,26+,27-,28?,31+/m0/s1. The van der Waals surface area contributed by atoms with Gasteiger partial charge in [-0.2, -0.15) is 0 Å². The van der Waals surface area contributed by atoms with Crippen LogP contribution in [0.5, 0.6) is 11.6 Å². The molecule has 1 fully saturated rings. The van der Waals surface area contributed by atoms with E-state index in [1.54, 1.807) is 19.9 Å². The predicted molar refractivity (Wildman–Crippen MR) is 159 cm³/mol. The zero-order valence-corrected chi connectivity index (χ0v) is 25.5. The molecule has 1 saturated heterocycles. The van der Waals surface area contributed by atoms with Crippen molar-refractivity contribution in [1.82, 2.24) is 4.98 Å². The zero-order chi connectivity index (χ0) is 31.6. The lowest BCUT2D eigenvalue weighted by Crippen LogP contribution is -2.60. The molecule has 0 amide bonds. The molecule has 11 nitrogen and oxygen atoms in total. The lowest BCUT2D eigenvalue weighted by molar-refractivity contribution is -0.310. The van der Waals surface area contributed by atoms with Gasteiger partial charge in [0.25, 0.3) is 0 Å². The van der Waals surface area contributed by atoms with Gasteiger partial charge < -0.3 is 49.5 Å². The van der Waals surface area contributed by atoms with E-state index in [0.717, 1.165) is 16.8 Å².